The van der Waals surface area contributed by atoms with Crippen LogP contribution in [0.5, 0.6) is 0 Å². The molecule has 11 heteroatoms. The predicted molar refractivity (Wildman–Crippen MR) is 95.9 cm³/mol. The molecule has 0 spiro atoms. The van der Waals surface area contributed by atoms with Gasteiger partial charge < -0.3 is 0 Å². The maximum atomic E-state index is 13.1. The molecule has 0 N–H and O–H groups in total. The number of tetrazole rings is 1. The topological polar surface area (TPSA) is 77.7 Å². The van der Waals surface area contributed by atoms with Gasteiger partial charge >= 0.3 is 6.18 Å². The van der Waals surface area contributed by atoms with Crippen molar-refractivity contribution in [3.63, 3.8) is 0 Å². The van der Waals surface area contributed by atoms with Crippen LogP contribution in [0.3, 0.4) is 0 Å². The molecule has 0 fully saturated rings. The minimum atomic E-state index is -4.56. The number of halogens is 4. The number of aryl methyl sites for hydroxylation is 1. The van der Waals surface area contributed by atoms with Crippen LogP contribution in [-0.4, -0.2) is 31.8 Å². The van der Waals surface area contributed by atoms with Gasteiger partial charge in [0.05, 0.1) is 11.1 Å². The van der Waals surface area contributed by atoms with Crippen molar-refractivity contribution in [2.45, 2.75) is 36.3 Å². The van der Waals surface area contributed by atoms with Crippen LogP contribution in [0.4, 0.5) is 13.2 Å². The fourth-order valence-electron chi connectivity index (χ4n) is 2.79. The van der Waals surface area contributed by atoms with Gasteiger partial charge in [-0.25, -0.2) is 4.68 Å². The van der Waals surface area contributed by atoms with Crippen LogP contribution >= 0.6 is 23.4 Å². The number of aromatic nitrogens is 4. The van der Waals surface area contributed by atoms with E-state index in [4.69, 9.17) is 11.6 Å². The summed E-state index contributed by atoms with van der Waals surface area (Å²) in [5.41, 5.74) is -0.882. The molecule has 0 saturated heterocycles. The standard InChI is InChI=1S/C17H14ClF3N4O2S/c1-25-16(22-23-24-25)28-8-9-7-10(17(19,20)21)5-6-11(9)15(27)14-12(18)3-2-4-13(14)26/h5-7H,2-4,8H2,1H3. The summed E-state index contributed by atoms with van der Waals surface area (Å²) in [6.07, 6.45) is -3.44. The molecule has 148 valence electrons. The quantitative estimate of drug-likeness (QED) is 0.406. The Kier molecular flexibility index (Phi) is 5.90. The number of thioether (sulfide) groups is 1. The van der Waals surface area contributed by atoms with E-state index >= 15 is 0 Å². The van der Waals surface area contributed by atoms with E-state index in [1.807, 2.05) is 0 Å². The first-order chi connectivity index (χ1) is 13.2. The van der Waals surface area contributed by atoms with Crippen LogP contribution in [0.25, 0.3) is 0 Å². The molecular weight excluding hydrogens is 417 g/mol. The van der Waals surface area contributed by atoms with E-state index in [0.29, 0.717) is 18.0 Å². The third kappa shape index (κ3) is 4.27. The lowest BCUT2D eigenvalue weighted by Crippen LogP contribution is -2.19. The van der Waals surface area contributed by atoms with Crippen molar-refractivity contribution in [1.29, 1.82) is 0 Å². The van der Waals surface area contributed by atoms with Gasteiger partial charge in [0, 0.05) is 29.8 Å². The van der Waals surface area contributed by atoms with Gasteiger partial charge in [-0.15, -0.1) is 5.10 Å². The van der Waals surface area contributed by atoms with Gasteiger partial charge in [0.25, 0.3) is 0 Å². The second-order valence-corrected chi connectivity index (χ2v) is 7.53. The monoisotopic (exact) mass is 430 g/mol. The third-order valence-electron chi connectivity index (χ3n) is 4.19. The predicted octanol–water partition coefficient (Wildman–Crippen LogP) is 3.95. The highest BCUT2D eigenvalue weighted by Gasteiger charge is 2.33. The number of nitrogens with zero attached hydrogens (tertiary/aromatic N) is 4. The van der Waals surface area contributed by atoms with Crippen molar-refractivity contribution in [3.05, 3.63) is 45.5 Å². The second-order valence-electron chi connectivity index (χ2n) is 6.13. The van der Waals surface area contributed by atoms with Gasteiger partial charge in [0.2, 0.25) is 5.16 Å². The van der Waals surface area contributed by atoms with E-state index in [0.717, 1.165) is 30.0 Å². The van der Waals surface area contributed by atoms with E-state index in [1.165, 1.54) is 4.68 Å². The lowest BCUT2D eigenvalue weighted by atomic mass is 9.89. The zero-order chi connectivity index (χ0) is 20.5. The molecular formula is C17H14ClF3N4O2S. The van der Waals surface area contributed by atoms with Gasteiger partial charge in [-0.3, -0.25) is 9.59 Å². The molecule has 0 atom stereocenters. The average molecular weight is 431 g/mol. The van der Waals surface area contributed by atoms with Crippen molar-refractivity contribution in [3.8, 4) is 0 Å². The Morgan fingerprint density at radius 3 is 2.68 bits per heavy atom. The number of Topliss-reactive ketones (excluding diaryl/α,β-unsaturated/α-hetero) is 2. The summed E-state index contributed by atoms with van der Waals surface area (Å²) in [7, 11) is 1.59. The zero-order valence-corrected chi connectivity index (χ0v) is 16.2. The minimum Gasteiger partial charge on any atom is -0.294 e. The number of rotatable bonds is 5. The molecule has 28 heavy (non-hydrogen) atoms. The first kappa shape index (κ1) is 20.5. The highest BCUT2D eigenvalue weighted by Crippen LogP contribution is 2.34. The molecule has 1 heterocycles. The van der Waals surface area contributed by atoms with E-state index in [1.54, 1.807) is 7.05 Å². The van der Waals surface area contributed by atoms with Crippen LogP contribution in [0.1, 0.15) is 40.7 Å². The highest BCUT2D eigenvalue weighted by molar-refractivity contribution is 7.98. The summed E-state index contributed by atoms with van der Waals surface area (Å²) in [4.78, 5) is 25.1. The first-order valence-electron chi connectivity index (χ1n) is 8.20. The molecule has 6 nitrogen and oxygen atoms in total. The second kappa shape index (κ2) is 8.04. The Bertz CT molecular complexity index is 972. The molecule has 1 aromatic heterocycles. The number of carbonyl (C=O) groups excluding carboxylic acids is 2. The van der Waals surface area contributed by atoms with Crippen LogP contribution in [-0.2, 0) is 23.8 Å². The number of allylic oxidation sites excluding steroid dienone is 2. The number of hydrogen-bond acceptors (Lipinski definition) is 6. The molecule has 0 radical (unpaired) electrons. The number of benzene rings is 1. The summed E-state index contributed by atoms with van der Waals surface area (Å²) in [6.45, 7) is 0. The van der Waals surface area contributed by atoms with E-state index in [-0.39, 0.29) is 33.9 Å². The smallest absolute Gasteiger partial charge is 0.294 e. The lowest BCUT2D eigenvalue weighted by Gasteiger charge is -2.17. The Balaban J connectivity index is 2.00. The van der Waals surface area contributed by atoms with Crippen LogP contribution in [0.2, 0.25) is 0 Å². The van der Waals surface area contributed by atoms with Crippen molar-refractivity contribution < 1.29 is 22.8 Å². The minimum absolute atomic E-state index is 0.0122. The average Bonchev–Trinajstić information content (AvgIpc) is 3.03. The number of ketones is 2. The summed E-state index contributed by atoms with van der Waals surface area (Å²) >= 11 is 7.16. The van der Waals surface area contributed by atoms with Crippen molar-refractivity contribution in [2.24, 2.45) is 7.05 Å². The molecule has 2 aromatic rings. The fourth-order valence-corrected chi connectivity index (χ4v) is 3.95. The van der Waals surface area contributed by atoms with Gasteiger partial charge in [-0.2, -0.15) is 13.2 Å². The normalized spacial score (nSPS) is 15.2. The highest BCUT2D eigenvalue weighted by atomic mass is 35.5. The summed E-state index contributed by atoms with van der Waals surface area (Å²) in [5, 5.41) is 11.4. The number of alkyl halides is 3. The van der Waals surface area contributed by atoms with Gasteiger partial charge in [0.15, 0.2) is 11.6 Å². The largest absolute Gasteiger partial charge is 0.416 e. The number of hydrogen-bond donors (Lipinski definition) is 0. The van der Waals surface area contributed by atoms with Gasteiger partial charge in [-0.05, 0) is 41.0 Å². The van der Waals surface area contributed by atoms with E-state index in [2.05, 4.69) is 15.5 Å². The Morgan fingerprint density at radius 1 is 1.32 bits per heavy atom. The van der Waals surface area contributed by atoms with Crippen LogP contribution < -0.4 is 0 Å². The molecule has 3 rings (SSSR count). The number of carbonyl (C=O) groups is 2. The summed E-state index contributed by atoms with van der Waals surface area (Å²) in [5.74, 6) is -1.04. The SMILES string of the molecule is Cn1nnnc1SCc1cc(C(F)(F)F)ccc1C(=O)C1=C(Cl)CCCC1=O. The van der Waals surface area contributed by atoms with Crippen molar-refractivity contribution in [1.82, 2.24) is 20.2 Å². The molecule has 1 aliphatic carbocycles. The molecule has 1 aliphatic rings. The Labute approximate surface area is 167 Å². The van der Waals surface area contributed by atoms with Crippen LogP contribution in [0, 0.1) is 0 Å². The van der Waals surface area contributed by atoms with Crippen LogP contribution in [0.15, 0.2) is 34.0 Å². The van der Waals surface area contributed by atoms with E-state index in [9.17, 15) is 22.8 Å². The van der Waals surface area contributed by atoms with Gasteiger partial charge in [0.1, 0.15) is 0 Å². The Morgan fingerprint density at radius 2 is 2.07 bits per heavy atom. The molecule has 0 bridgehead atoms. The Hall–Kier alpha value is -2.20. The van der Waals surface area contributed by atoms with Gasteiger partial charge in [-0.1, -0.05) is 29.4 Å². The molecule has 0 unspecified atom stereocenters. The molecule has 1 aromatic carbocycles. The molecule has 0 saturated carbocycles. The first-order valence-corrected chi connectivity index (χ1v) is 9.56. The fraction of sp³-hybridized carbons (Fsp3) is 0.353. The summed E-state index contributed by atoms with van der Waals surface area (Å²) < 4.78 is 40.8. The van der Waals surface area contributed by atoms with Crippen molar-refractivity contribution in [2.75, 3.05) is 0 Å². The zero-order valence-electron chi connectivity index (χ0n) is 14.6. The van der Waals surface area contributed by atoms with E-state index < -0.39 is 23.3 Å². The molecule has 0 aliphatic heterocycles. The third-order valence-corrected chi connectivity index (χ3v) is 5.63. The molecule has 0 amide bonds. The maximum Gasteiger partial charge on any atom is 0.416 e. The van der Waals surface area contributed by atoms with Crippen molar-refractivity contribution >= 4 is 34.9 Å². The lowest BCUT2D eigenvalue weighted by molar-refractivity contribution is -0.137. The summed E-state index contributed by atoms with van der Waals surface area (Å²) in [6, 6.07) is 2.83. The maximum absolute atomic E-state index is 13.1.